The number of methoxy groups -OCH3 is 1. The average molecular weight is 464 g/mol. The third-order valence-electron chi connectivity index (χ3n) is 6.36. The number of likely N-dealkylation sites (tertiary alicyclic amines) is 1. The summed E-state index contributed by atoms with van der Waals surface area (Å²) in [5, 5.41) is 2.61. The Morgan fingerprint density at radius 3 is 2.68 bits per heavy atom. The molecular formula is C26H33N5O3. The summed E-state index contributed by atoms with van der Waals surface area (Å²) in [6.07, 6.45) is 0.997. The molecule has 3 N–H and O–H groups in total. The lowest BCUT2D eigenvalue weighted by Gasteiger charge is -2.39. The predicted octanol–water partition coefficient (Wildman–Crippen LogP) is 2.80. The number of carbonyl (C=O) groups excluding carboxylic acids is 1. The molecule has 180 valence electrons. The topological polar surface area (TPSA) is 102 Å². The molecule has 8 nitrogen and oxygen atoms in total. The minimum Gasteiger partial charge on any atom is -0.493 e. The maximum atomic E-state index is 12.5. The van der Waals surface area contributed by atoms with Gasteiger partial charge in [0.25, 0.3) is 5.91 Å². The second-order valence-electron chi connectivity index (χ2n) is 8.62. The van der Waals surface area contributed by atoms with Gasteiger partial charge in [0.2, 0.25) is 0 Å². The molecule has 2 aliphatic rings. The summed E-state index contributed by atoms with van der Waals surface area (Å²) < 4.78 is 11.5. The minimum absolute atomic E-state index is 0.118. The maximum absolute atomic E-state index is 12.5. The molecule has 2 unspecified atom stereocenters. The van der Waals surface area contributed by atoms with Gasteiger partial charge in [-0.3, -0.25) is 20.1 Å². The quantitative estimate of drug-likeness (QED) is 0.507. The first kappa shape index (κ1) is 23.8. The van der Waals surface area contributed by atoms with E-state index < -0.39 is 0 Å². The highest BCUT2D eigenvalue weighted by Crippen LogP contribution is 2.42. The van der Waals surface area contributed by atoms with Crippen molar-refractivity contribution in [2.45, 2.75) is 32.2 Å². The SMILES string of the molecule is CCN=C(N)NC(=O)c1ccc(C2=NC3CCN(C)CC3c3cc(OCC)c(OC)cc32)cc1. The van der Waals surface area contributed by atoms with E-state index in [9.17, 15) is 4.79 Å². The van der Waals surface area contributed by atoms with Gasteiger partial charge < -0.3 is 20.1 Å². The van der Waals surface area contributed by atoms with E-state index in [4.69, 9.17) is 20.2 Å². The first-order chi connectivity index (χ1) is 16.4. The van der Waals surface area contributed by atoms with Gasteiger partial charge >= 0.3 is 0 Å². The fraction of sp³-hybridized carbons (Fsp3) is 0.423. The Labute approximate surface area is 200 Å². The van der Waals surface area contributed by atoms with Crippen molar-refractivity contribution in [3.63, 3.8) is 0 Å². The summed E-state index contributed by atoms with van der Waals surface area (Å²) in [7, 11) is 3.81. The summed E-state index contributed by atoms with van der Waals surface area (Å²) in [6.45, 7) is 6.88. The van der Waals surface area contributed by atoms with Crippen molar-refractivity contribution in [1.29, 1.82) is 0 Å². The molecule has 0 aliphatic carbocycles. The molecule has 8 heteroatoms. The molecule has 0 saturated carbocycles. The number of rotatable bonds is 6. The largest absolute Gasteiger partial charge is 0.493 e. The molecule has 0 bridgehead atoms. The molecule has 2 aromatic carbocycles. The van der Waals surface area contributed by atoms with Crippen LogP contribution in [0.15, 0.2) is 46.4 Å². The van der Waals surface area contributed by atoms with Crippen molar-refractivity contribution in [2.75, 3.05) is 40.4 Å². The van der Waals surface area contributed by atoms with Crippen LogP contribution < -0.4 is 20.5 Å². The maximum Gasteiger partial charge on any atom is 0.257 e. The lowest BCUT2D eigenvalue weighted by atomic mass is 9.79. The van der Waals surface area contributed by atoms with Crippen molar-refractivity contribution >= 4 is 17.6 Å². The van der Waals surface area contributed by atoms with Gasteiger partial charge in [0, 0.05) is 35.7 Å². The molecule has 1 fully saturated rings. The number of ether oxygens (including phenoxy) is 2. The zero-order chi connectivity index (χ0) is 24.2. The Hall–Kier alpha value is -3.39. The van der Waals surface area contributed by atoms with Gasteiger partial charge in [-0.05, 0) is 63.7 Å². The first-order valence-corrected chi connectivity index (χ1v) is 11.8. The van der Waals surface area contributed by atoms with Gasteiger partial charge in [-0.1, -0.05) is 12.1 Å². The van der Waals surface area contributed by atoms with E-state index in [1.165, 1.54) is 5.56 Å². The Balaban J connectivity index is 1.72. The molecule has 0 radical (unpaired) electrons. The molecule has 34 heavy (non-hydrogen) atoms. The minimum atomic E-state index is -0.286. The summed E-state index contributed by atoms with van der Waals surface area (Å²) in [5.74, 6) is 1.58. The van der Waals surface area contributed by atoms with Crippen LogP contribution in [-0.4, -0.2) is 68.9 Å². The van der Waals surface area contributed by atoms with E-state index in [-0.39, 0.29) is 17.9 Å². The van der Waals surface area contributed by atoms with Gasteiger partial charge in [0.05, 0.1) is 25.5 Å². The second-order valence-corrected chi connectivity index (χ2v) is 8.62. The van der Waals surface area contributed by atoms with Crippen molar-refractivity contribution in [2.24, 2.45) is 15.7 Å². The van der Waals surface area contributed by atoms with Crippen molar-refractivity contribution in [1.82, 2.24) is 10.2 Å². The highest BCUT2D eigenvalue weighted by molar-refractivity contribution is 6.15. The van der Waals surface area contributed by atoms with Crippen LogP contribution in [0.1, 0.15) is 53.2 Å². The Morgan fingerprint density at radius 2 is 2.00 bits per heavy atom. The number of aliphatic imine (C=N–C) groups is 2. The number of nitrogens with one attached hydrogen (secondary N) is 1. The highest BCUT2D eigenvalue weighted by Gasteiger charge is 2.36. The van der Waals surface area contributed by atoms with E-state index in [1.54, 1.807) is 19.2 Å². The van der Waals surface area contributed by atoms with Gasteiger partial charge in [0.15, 0.2) is 17.5 Å². The molecule has 2 aromatic rings. The summed E-state index contributed by atoms with van der Waals surface area (Å²) in [5.41, 5.74) is 10.4. The van der Waals surface area contributed by atoms with Crippen molar-refractivity contribution in [3.05, 3.63) is 58.7 Å². The van der Waals surface area contributed by atoms with Crippen LogP contribution in [0.5, 0.6) is 11.5 Å². The van der Waals surface area contributed by atoms with E-state index in [0.717, 1.165) is 42.1 Å². The highest BCUT2D eigenvalue weighted by atomic mass is 16.5. The number of hydrogen-bond donors (Lipinski definition) is 2. The smallest absolute Gasteiger partial charge is 0.257 e. The van der Waals surface area contributed by atoms with Crippen LogP contribution in [0.3, 0.4) is 0 Å². The molecule has 0 aromatic heterocycles. The van der Waals surface area contributed by atoms with Crippen molar-refractivity contribution < 1.29 is 14.3 Å². The number of likely N-dealkylation sites (N-methyl/N-ethyl adjacent to an activating group) is 1. The average Bonchev–Trinajstić information content (AvgIpc) is 2.83. The normalized spacial score (nSPS) is 20.1. The van der Waals surface area contributed by atoms with Gasteiger partial charge in [-0.15, -0.1) is 0 Å². The van der Waals surface area contributed by atoms with E-state index >= 15 is 0 Å². The number of carbonyl (C=O) groups is 1. The molecule has 1 saturated heterocycles. The Bertz CT molecular complexity index is 1110. The van der Waals surface area contributed by atoms with Crippen LogP contribution in [0, 0.1) is 0 Å². The monoisotopic (exact) mass is 463 g/mol. The predicted molar refractivity (Wildman–Crippen MR) is 135 cm³/mol. The Kier molecular flexibility index (Phi) is 7.17. The van der Waals surface area contributed by atoms with E-state index in [0.29, 0.717) is 30.4 Å². The molecule has 2 atom stereocenters. The van der Waals surface area contributed by atoms with Gasteiger partial charge in [-0.25, -0.2) is 0 Å². The number of amides is 1. The van der Waals surface area contributed by atoms with Crippen LogP contribution in [0.25, 0.3) is 0 Å². The second kappa shape index (κ2) is 10.3. The third-order valence-corrected chi connectivity index (χ3v) is 6.36. The number of piperidine rings is 1. The molecule has 4 rings (SSSR count). The van der Waals surface area contributed by atoms with Gasteiger partial charge in [0.1, 0.15) is 0 Å². The zero-order valence-corrected chi connectivity index (χ0v) is 20.3. The number of guanidine groups is 1. The van der Waals surface area contributed by atoms with E-state index in [2.05, 4.69) is 28.3 Å². The number of nitrogens with two attached hydrogens (primary N) is 1. The zero-order valence-electron chi connectivity index (χ0n) is 20.3. The van der Waals surface area contributed by atoms with Crippen LogP contribution in [0.4, 0.5) is 0 Å². The van der Waals surface area contributed by atoms with E-state index in [1.807, 2.05) is 32.0 Å². The van der Waals surface area contributed by atoms with Gasteiger partial charge in [-0.2, -0.15) is 0 Å². The van der Waals surface area contributed by atoms with Crippen LogP contribution >= 0.6 is 0 Å². The third kappa shape index (κ3) is 4.77. The van der Waals surface area contributed by atoms with Crippen LogP contribution in [0.2, 0.25) is 0 Å². The molecule has 2 aliphatic heterocycles. The lowest BCUT2D eigenvalue weighted by molar-refractivity contribution is 0.0976. The van der Waals surface area contributed by atoms with Crippen LogP contribution in [-0.2, 0) is 0 Å². The fourth-order valence-corrected chi connectivity index (χ4v) is 4.72. The summed E-state index contributed by atoms with van der Waals surface area (Å²) in [6, 6.07) is 11.8. The fourth-order valence-electron chi connectivity index (χ4n) is 4.72. The first-order valence-electron chi connectivity index (χ1n) is 11.8. The number of benzene rings is 2. The molecule has 2 heterocycles. The standard InChI is InChI=1S/C26H33N5O3/c1-5-28-26(27)30-25(32)17-9-7-16(8-10-17)24-19-14-22(33-4)23(34-6-2)13-18(19)20-15-31(3)12-11-21(20)29-24/h7-10,13-14,20-21H,5-6,11-12,15H2,1-4H3,(H3,27,28,30,32). The summed E-state index contributed by atoms with van der Waals surface area (Å²) >= 11 is 0. The Morgan fingerprint density at radius 1 is 1.24 bits per heavy atom. The number of hydrogen-bond acceptors (Lipinski definition) is 6. The summed E-state index contributed by atoms with van der Waals surface area (Å²) in [4.78, 5) is 24.0. The molecule has 1 amide bonds. The van der Waals surface area contributed by atoms with Crippen molar-refractivity contribution in [3.8, 4) is 11.5 Å². The molecule has 0 spiro atoms. The lowest BCUT2D eigenvalue weighted by Crippen LogP contribution is -2.41. The number of fused-ring (bicyclic) bond motifs is 3. The molecular weight excluding hydrogens is 430 g/mol. The number of nitrogens with zero attached hydrogens (tertiary/aromatic N) is 3.